The van der Waals surface area contributed by atoms with Crippen LogP contribution in [0.2, 0.25) is 0 Å². The molecule has 1 aromatic carbocycles. The van der Waals surface area contributed by atoms with E-state index in [9.17, 15) is 9.18 Å². The molecule has 0 aromatic heterocycles. The number of nitrogens with zero attached hydrogens (tertiary/aromatic N) is 1. The second-order valence-electron chi connectivity index (χ2n) is 4.12. The van der Waals surface area contributed by atoms with Crippen LogP contribution >= 0.6 is 0 Å². The molecule has 19 heavy (non-hydrogen) atoms. The molecule has 4 nitrogen and oxygen atoms in total. The number of halogens is 1. The molecule has 0 aliphatic heterocycles. The van der Waals surface area contributed by atoms with Crippen LogP contribution in [0.25, 0.3) is 0 Å². The summed E-state index contributed by atoms with van der Waals surface area (Å²) < 4.78 is 24.0. The van der Waals surface area contributed by atoms with Crippen molar-refractivity contribution in [3.05, 3.63) is 29.6 Å². The number of methoxy groups -OCH3 is 2. The first-order chi connectivity index (χ1) is 9.24. The molecule has 0 atom stereocenters. The third-order valence-corrected chi connectivity index (χ3v) is 2.80. The molecule has 0 saturated heterocycles. The minimum atomic E-state index is -0.391. The van der Waals surface area contributed by atoms with Gasteiger partial charge in [-0.15, -0.1) is 0 Å². The summed E-state index contributed by atoms with van der Waals surface area (Å²) in [5, 5.41) is 0. The Morgan fingerprint density at radius 1 is 1.21 bits per heavy atom. The number of aldehydes is 1. The standard InChI is InChI=1S/C14H20FNO3/c1-18-9-4-7-16(8-10-19-2)14-12(11-17)5-3-6-13(14)15/h3,5-6,11H,4,7-10H2,1-2H3. The molecule has 1 rings (SSSR count). The normalized spacial score (nSPS) is 10.5. The van der Waals surface area contributed by atoms with Crippen molar-refractivity contribution in [2.45, 2.75) is 6.42 Å². The number of para-hydroxylation sites is 1. The molecule has 5 heteroatoms. The summed E-state index contributed by atoms with van der Waals surface area (Å²) in [5.41, 5.74) is 0.694. The van der Waals surface area contributed by atoms with Crippen molar-refractivity contribution in [2.24, 2.45) is 0 Å². The van der Waals surface area contributed by atoms with Crippen LogP contribution in [0.5, 0.6) is 0 Å². The number of hydrogen-bond donors (Lipinski definition) is 0. The number of ether oxygens (including phenoxy) is 2. The van der Waals surface area contributed by atoms with Gasteiger partial charge >= 0.3 is 0 Å². The van der Waals surface area contributed by atoms with E-state index >= 15 is 0 Å². The van der Waals surface area contributed by atoms with Gasteiger partial charge in [0.05, 0.1) is 12.3 Å². The number of anilines is 1. The topological polar surface area (TPSA) is 38.8 Å². The number of rotatable bonds is 9. The van der Waals surface area contributed by atoms with Gasteiger partial charge in [0.15, 0.2) is 6.29 Å². The Kier molecular flexibility index (Phi) is 7.07. The Bertz CT molecular complexity index is 398. The quantitative estimate of drug-likeness (QED) is 0.508. The lowest BCUT2D eigenvalue weighted by Crippen LogP contribution is -2.30. The Morgan fingerprint density at radius 3 is 2.58 bits per heavy atom. The maximum Gasteiger partial charge on any atom is 0.152 e. The van der Waals surface area contributed by atoms with Crippen molar-refractivity contribution >= 4 is 12.0 Å². The van der Waals surface area contributed by atoms with Crippen molar-refractivity contribution < 1.29 is 18.7 Å². The number of carbonyl (C=O) groups is 1. The van der Waals surface area contributed by atoms with Crippen LogP contribution in [0.3, 0.4) is 0 Å². The van der Waals surface area contributed by atoms with Crippen molar-refractivity contribution in [1.82, 2.24) is 0 Å². The minimum Gasteiger partial charge on any atom is -0.385 e. The van der Waals surface area contributed by atoms with Crippen molar-refractivity contribution in [1.29, 1.82) is 0 Å². The van der Waals surface area contributed by atoms with E-state index in [2.05, 4.69) is 0 Å². The van der Waals surface area contributed by atoms with Crippen molar-refractivity contribution in [3.8, 4) is 0 Å². The minimum absolute atomic E-state index is 0.339. The van der Waals surface area contributed by atoms with Gasteiger partial charge in [-0.1, -0.05) is 6.07 Å². The summed E-state index contributed by atoms with van der Waals surface area (Å²) in [6, 6.07) is 4.51. The first-order valence-electron chi connectivity index (χ1n) is 6.21. The molecule has 106 valence electrons. The fraction of sp³-hybridized carbons (Fsp3) is 0.500. The van der Waals surface area contributed by atoms with E-state index in [1.807, 2.05) is 4.90 Å². The average Bonchev–Trinajstić information content (AvgIpc) is 2.43. The summed E-state index contributed by atoms with van der Waals surface area (Å²) in [6.45, 7) is 2.20. The monoisotopic (exact) mass is 269 g/mol. The predicted octanol–water partition coefficient (Wildman–Crippen LogP) is 2.13. The number of benzene rings is 1. The molecule has 0 radical (unpaired) electrons. The molecule has 0 fully saturated rings. The van der Waals surface area contributed by atoms with E-state index in [1.165, 1.54) is 12.1 Å². The van der Waals surface area contributed by atoms with E-state index in [0.29, 0.717) is 43.8 Å². The van der Waals surface area contributed by atoms with Gasteiger partial charge in [-0.3, -0.25) is 4.79 Å². The van der Waals surface area contributed by atoms with E-state index in [-0.39, 0.29) is 0 Å². The molecule has 0 aliphatic carbocycles. The molecule has 0 heterocycles. The van der Waals surface area contributed by atoms with Crippen LogP contribution in [0.15, 0.2) is 18.2 Å². The summed E-state index contributed by atoms with van der Waals surface area (Å²) in [6.07, 6.45) is 1.43. The lowest BCUT2D eigenvalue weighted by molar-refractivity contribution is 0.112. The molecule has 1 aromatic rings. The molecule has 0 amide bonds. The van der Waals surface area contributed by atoms with E-state index < -0.39 is 5.82 Å². The Hall–Kier alpha value is -1.46. The summed E-state index contributed by atoms with van der Waals surface area (Å²) >= 11 is 0. The lowest BCUT2D eigenvalue weighted by atomic mass is 10.1. The number of hydrogen-bond acceptors (Lipinski definition) is 4. The first-order valence-corrected chi connectivity index (χ1v) is 6.21. The molecule has 0 bridgehead atoms. The SMILES string of the molecule is COCCCN(CCOC)c1c(F)cccc1C=O. The second-order valence-corrected chi connectivity index (χ2v) is 4.12. The van der Waals surface area contributed by atoms with Gasteiger partial charge in [-0.2, -0.15) is 0 Å². The average molecular weight is 269 g/mol. The zero-order valence-corrected chi connectivity index (χ0v) is 11.4. The highest BCUT2D eigenvalue weighted by Gasteiger charge is 2.15. The zero-order chi connectivity index (χ0) is 14.1. The van der Waals surface area contributed by atoms with Gasteiger partial charge in [0.25, 0.3) is 0 Å². The van der Waals surface area contributed by atoms with Gasteiger partial charge in [-0.05, 0) is 18.6 Å². The first kappa shape index (κ1) is 15.6. The van der Waals surface area contributed by atoms with Gasteiger partial charge < -0.3 is 14.4 Å². The lowest BCUT2D eigenvalue weighted by Gasteiger charge is -2.26. The van der Waals surface area contributed by atoms with Crippen LogP contribution in [-0.4, -0.2) is 46.8 Å². The Balaban J connectivity index is 2.91. The fourth-order valence-electron chi connectivity index (χ4n) is 1.90. The van der Waals surface area contributed by atoms with Crippen LogP contribution in [0.1, 0.15) is 16.8 Å². The maximum atomic E-state index is 14.0. The highest BCUT2D eigenvalue weighted by atomic mass is 19.1. The summed E-state index contributed by atoms with van der Waals surface area (Å²) in [5.74, 6) is -0.391. The molecule has 0 saturated carbocycles. The largest absolute Gasteiger partial charge is 0.385 e. The molecule has 0 spiro atoms. The maximum absolute atomic E-state index is 14.0. The molecular weight excluding hydrogens is 249 g/mol. The van der Waals surface area contributed by atoms with Gasteiger partial charge in [0, 0.05) is 39.5 Å². The van der Waals surface area contributed by atoms with E-state index in [1.54, 1.807) is 20.3 Å². The van der Waals surface area contributed by atoms with Crippen LogP contribution < -0.4 is 4.90 Å². The highest BCUT2D eigenvalue weighted by molar-refractivity contribution is 5.84. The van der Waals surface area contributed by atoms with Gasteiger partial charge in [0.2, 0.25) is 0 Å². The predicted molar refractivity (Wildman–Crippen MR) is 72.4 cm³/mol. The molecule has 0 unspecified atom stereocenters. The van der Waals surface area contributed by atoms with Crippen molar-refractivity contribution in [2.75, 3.05) is 45.4 Å². The number of carbonyl (C=O) groups excluding carboxylic acids is 1. The van der Waals surface area contributed by atoms with Crippen LogP contribution in [-0.2, 0) is 9.47 Å². The van der Waals surface area contributed by atoms with E-state index in [0.717, 1.165) is 6.42 Å². The van der Waals surface area contributed by atoms with Crippen LogP contribution in [0.4, 0.5) is 10.1 Å². The Morgan fingerprint density at radius 2 is 1.95 bits per heavy atom. The third kappa shape index (κ3) is 4.61. The molecular formula is C14H20FNO3. The van der Waals surface area contributed by atoms with Gasteiger partial charge in [0.1, 0.15) is 5.82 Å². The summed E-state index contributed by atoms with van der Waals surface area (Å²) in [7, 11) is 3.22. The third-order valence-electron chi connectivity index (χ3n) is 2.80. The van der Waals surface area contributed by atoms with Gasteiger partial charge in [-0.25, -0.2) is 4.39 Å². The summed E-state index contributed by atoms with van der Waals surface area (Å²) in [4.78, 5) is 12.9. The molecule has 0 aliphatic rings. The van der Waals surface area contributed by atoms with Crippen LogP contribution in [0, 0.1) is 5.82 Å². The zero-order valence-electron chi connectivity index (χ0n) is 11.4. The smallest absolute Gasteiger partial charge is 0.152 e. The molecule has 0 N–H and O–H groups in total. The fourth-order valence-corrected chi connectivity index (χ4v) is 1.90. The second kappa shape index (κ2) is 8.61. The van der Waals surface area contributed by atoms with Crippen molar-refractivity contribution in [3.63, 3.8) is 0 Å². The highest BCUT2D eigenvalue weighted by Crippen LogP contribution is 2.23. The van der Waals surface area contributed by atoms with E-state index in [4.69, 9.17) is 9.47 Å². The Labute approximate surface area is 113 Å².